The molecule has 0 spiro atoms. The molecule has 1 atom stereocenters. The van der Waals surface area contributed by atoms with Crippen molar-refractivity contribution in [1.29, 1.82) is 0 Å². The van der Waals surface area contributed by atoms with Crippen LogP contribution in [0.4, 0.5) is 17.5 Å². The summed E-state index contributed by atoms with van der Waals surface area (Å²) in [4.78, 5) is 33.2. The molecular weight excluding hydrogens is 422 g/mol. The van der Waals surface area contributed by atoms with E-state index in [1.807, 2.05) is 36.4 Å². The first-order chi connectivity index (χ1) is 16.1. The minimum atomic E-state index is -0.559. The summed E-state index contributed by atoms with van der Waals surface area (Å²) in [6, 6.07) is 14.3. The molecule has 1 aromatic heterocycles. The van der Waals surface area contributed by atoms with Crippen LogP contribution in [0, 0.1) is 0 Å². The number of aromatic nitrogens is 2. The Kier molecular flexibility index (Phi) is 6.80. The zero-order valence-corrected chi connectivity index (χ0v) is 18.2. The second-order valence-electron chi connectivity index (χ2n) is 7.47. The number of aliphatic hydroxyl groups excluding tert-OH is 1. The van der Waals surface area contributed by atoms with Gasteiger partial charge in [0.2, 0.25) is 5.95 Å². The molecule has 2 heterocycles. The monoisotopic (exact) mass is 447 g/mol. The first-order valence-electron chi connectivity index (χ1n) is 10.7. The van der Waals surface area contributed by atoms with Gasteiger partial charge in [0, 0.05) is 24.0 Å². The number of ether oxygens (including phenoxy) is 1. The van der Waals surface area contributed by atoms with Crippen molar-refractivity contribution in [3.8, 4) is 0 Å². The van der Waals surface area contributed by atoms with Gasteiger partial charge in [-0.15, -0.1) is 0 Å². The zero-order chi connectivity index (χ0) is 23.2. The number of amides is 1. The number of rotatable bonds is 8. The lowest BCUT2D eigenvalue weighted by atomic mass is 10.00. The first kappa shape index (κ1) is 22.2. The minimum absolute atomic E-state index is 0.0831. The van der Waals surface area contributed by atoms with Gasteiger partial charge in [-0.05, 0) is 42.7 Å². The van der Waals surface area contributed by atoms with E-state index in [9.17, 15) is 14.7 Å². The number of hydrogen-bond acceptors (Lipinski definition) is 8. The van der Waals surface area contributed by atoms with Crippen LogP contribution in [0.5, 0.6) is 0 Å². The van der Waals surface area contributed by atoms with Gasteiger partial charge in [0.15, 0.2) is 0 Å². The van der Waals surface area contributed by atoms with Crippen LogP contribution in [0.3, 0.4) is 0 Å². The maximum Gasteiger partial charge on any atom is 0.343 e. The number of anilines is 3. The lowest BCUT2D eigenvalue weighted by molar-refractivity contribution is 0.0526. The third kappa shape index (κ3) is 5.09. The lowest BCUT2D eigenvalue weighted by Gasteiger charge is -2.20. The summed E-state index contributed by atoms with van der Waals surface area (Å²) < 4.78 is 5.14. The summed E-state index contributed by atoms with van der Waals surface area (Å²) in [7, 11) is 0. The number of benzene rings is 2. The number of hydrogen-bond donors (Lipinski definition) is 4. The standard InChI is InChI=1S/C24H25N5O4/c1-2-33-23(32)19-13-26-24(27-17-8-9-18-16(12-17)10-11-25-22(18)31)29-21(19)28-20(14-30)15-6-4-3-5-7-15/h3-9,12-13,20,30H,2,10-11,14H2,1H3,(H,25,31)(H2,26,27,28,29)/t20-/m1/s1. The molecule has 170 valence electrons. The van der Waals surface area contributed by atoms with E-state index in [-0.39, 0.29) is 36.5 Å². The number of esters is 1. The van der Waals surface area contributed by atoms with Crippen LogP contribution < -0.4 is 16.0 Å². The van der Waals surface area contributed by atoms with Gasteiger partial charge in [-0.2, -0.15) is 4.98 Å². The third-order valence-electron chi connectivity index (χ3n) is 5.27. The summed E-state index contributed by atoms with van der Waals surface area (Å²) >= 11 is 0. The average molecular weight is 447 g/mol. The van der Waals surface area contributed by atoms with Crippen LogP contribution in [0.1, 0.15) is 44.8 Å². The topological polar surface area (TPSA) is 125 Å². The highest BCUT2D eigenvalue weighted by atomic mass is 16.5. The van der Waals surface area contributed by atoms with Crippen LogP contribution in [0.2, 0.25) is 0 Å². The van der Waals surface area contributed by atoms with Crippen LogP contribution in [-0.2, 0) is 11.2 Å². The lowest BCUT2D eigenvalue weighted by Crippen LogP contribution is -2.31. The molecule has 33 heavy (non-hydrogen) atoms. The second kappa shape index (κ2) is 10.1. The molecule has 0 aliphatic carbocycles. The normalized spacial score (nSPS) is 13.5. The molecular formula is C24H25N5O4. The fourth-order valence-corrected chi connectivity index (χ4v) is 3.63. The van der Waals surface area contributed by atoms with E-state index < -0.39 is 12.0 Å². The van der Waals surface area contributed by atoms with E-state index in [0.717, 1.165) is 23.2 Å². The maximum atomic E-state index is 12.5. The molecule has 2 aromatic carbocycles. The van der Waals surface area contributed by atoms with Gasteiger partial charge in [-0.3, -0.25) is 4.79 Å². The first-order valence-corrected chi connectivity index (χ1v) is 10.7. The molecule has 3 aromatic rings. The number of carbonyl (C=O) groups is 2. The van der Waals surface area contributed by atoms with Gasteiger partial charge in [0.25, 0.3) is 5.91 Å². The SMILES string of the molecule is CCOC(=O)c1cnc(Nc2ccc3c(c2)CCNC3=O)nc1N[C@H](CO)c1ccccc1. The van der Waals surface area contributed by atoms with E-state index in [1.54, 1.807) is 19.1 Å². The largest absolute Gasteiger partial charge is 0.462 e. The number of nitrogens with zero attached hydrogens (tertiary/aromatic N) is 2. The molecule has 1 amide bonds. The molecule has 0 unspecified atom stereocenters. The Bertz CT molecular complexity index is 1150. The van der Waals surface area contributed by atoms with Crippen molar-refractivity contribution in [2.24, 2.45) is 0 Å². The second-order valence-corrected chi connectivity index (χ2v) is 7.47. The van der Waals surface area contributed by atoms with E-state index in [2.05, 4.69) is 25.9 Å². The van der Waals surface area contributed by atoms with Gasteiger partial charge < -0.3 is 25.8 Å². The number of nitrogens with one attached hydrogen (secondary N) is 3. The molecule has 0 fully saturated rings. The molecule has 0 radical (unpaired) electrons. The van der Waals surface area contributed by atoms with Gasteiger partial charge in [0.1, 0.15) is 11.4 Å². The van der Waals surface area contributed by atoms with Crippen LogP contribution in [0.15, 0.2) is 54.7 Å². The third-order valence-corrected chi connectivity index (χ3v) is 5.27. The average Bonchev–Trinajstić information content (AvgIpc) is 2.83. The fourth-order valence-electron chi connectivity index (χ4n) is 3.63. The molecule has 9 nitrogen and oxygen atoms in total. The van der Waals surface area contributed by atoms with Gasteiger partial charge >= 0.3 is 5.97 Å². The van der Waals surface area contributed by atoms with Crippen molar-refractivity contribution in [2.75, 3.05) is 30.4 Å². The predicted molar refractivity (Wildman–Crippen MR) is 124 cm³/mol. The Labute approximate surface area is 191 Å². The molecule has 4 rings (SSSR count). The smallest absolute Gasteiger partial charge is 0.343 e. The molecule has 1 aliphatic rings. The van der Waals surface area contributed by atoms with E-state index in [1.165, 1.54) is 6.20 Å². The highest BCUT2D eigenvalue weighted by Gasteiger charge is 2.21. The van der Waals surface area contributed by atoms with Crippen LogP contribution in [-0.4, -0.2) is 46.7 Å². The summed E-state index contributed by atoms with van der Waals surface area (Å²) in [5, 5.41) is 19.0. The maximum absolute atomic E-state index is 12.5. The Morgan fingerprint density at radius 2 is 2.06 bits per heavy atom. The fraction of sp³-hybridized carbons (Fsp3) is 0.250. The predicted octanol–water partition coefficient (Wildman–Crippen LogP) is 2.83. The van der Waals surface area contributed by atoms with Crippen LogP contribution in [0.25, 0.3) is 0 Å². The summed E-state index contributed by atoms with van der Waals surface area (Å²) in [5.41, 5.74) is 3.32. The van der Waals surface area contributed by atoms with E-state index in [4.69, 9.17) is 4.74 Å². The molecule has 9 heteroatoms. The summed E-state index contributed by atoms with van der Waals surface area (Å²) in [5.74, 6) is -0.141. The number of fused-ring (bicyclic) bond motifs is 1. The summed E-state index contributed by atoms with van der Waals surface area (Å²) in [6.45, 7) is 2.32. The van der Waals surface area contributed by atoms with Crippen molar-refractivity contribution in [3.05, 3.63) is 77.0 Å². The summed E-state index contributed by atoms with van der Waals surface area (Å²) in [6.07, 6.45) is 2.13. The van der Waals surface area contributed by atoms with Crippen molar-refractivity contribution in [1.82, 2.24) is 15.3 Å². The zero-order valence-electron chi connectivity index (χ0n) is 18.2. The van der Waals surface area contributed by atoms with E-state index in [0.29, 0.717) is 12.1 Å². The number of aliphatic hydroxyl groups is 1. The van der Waals surface area contributed by atoms with Gasteiger partial charge in [0.05, 0.1) is 19.3 Å². The minimum Gasteiger partial charge on any atom is -0.462 e. The van der Waals surface area contributed by atoms with Crippen molar-refractivity contribution in [2.45, 2.75) is 19.4 Å². The Morgan fingerprint density at radius 3 is 2.82 bits per heavy atom. The highest BCUT2D eigenvalue weighted by Crippen LogP contribution is 2.25. The Morgan fingerprint density at radius 1 is 1.24 bits per heavy atom. The molecule has 1 aliphatic heterocycles. The Balaban J connectivity index is 1.63. The number of carbonyl (C=O) groups excluding carboxylic acids is 2. The molecule has 0 saturated carbocycles. The molecule has 4 N–H and O–H groups in total. The van der Waals surface area contributed by atoms with Gasteiger partial charge in [-0.1, -0.05) is 30.3 Å². The Hall–Kier alpha value is -3.98. The van der Waals surface area contributed by atoms with Crippen molar-refractivity contribution < 1.29 is 19.4 Å². The van der Waals surface area contributed by atoms with Crippen molar-refractivity contribution in [3.63, 3.8) is 0 Å². The van der Waals surface area contributed by atoms with Crippen LogP contribution >= 0.6 is 0 Å². The van der Waals surface area contributed by atoms with Crippen molar-refractivity contribution >= 4 is 29.3 Å². The highest BCUT2D eigenvalue weighted by molar-refractivity contribution is 5.97. The molecule has 0 saturated heterocycles. The quantitative estimate of drug-likeness (QED) is 0.389. The van der Waals surface area contributed by atoms with E-state index >= 15 is 0 Å². The molecule has 0 bridgehead atoms. The van der Waals surface area contributed by atoms with Gasteiger partial charge in [-0.25, -0.2) is 9.78 Å².